The molecule has 0 aliphatic carbocycles. The molecule has 5 rings (SSSR count). The van der Waals surface area contributed by atoms with E-state index in [2.05, 4.69) is 15.4 Å². The molecule has 0 aromatic carbocycles. The molecule has 9 heteroatoms. The Morgan fingerprint density at radius 3 is 2.87 bits per heavy atom. The third-order valence-electron chi connectivity index (χ3n) is 5.80. The van der Waals surface area contributed by atoms with Gasteiger partial charge in [0, 0.05) is 0 Å². The van der Waals surface area contributed by atoms with E-state index in [0.717, 1.165) is 17.0 Å². The summed E-state index contributed by atoms with van der Waals surface area (Å²) in [5.41, 5.74) is 4.05. The van der Waals surface area contributed by atoms with Crippen molar-refractivity contribution in [2.24, 2.45) is 0 Å². The summed E-state index contributed by atoms with van der Waals surface area (Å²) in [4.78, 5) is 22.1. The minimum atomic E-state index is -0.261. The van der Waals surface area contributed by atoms with Crippen LogP contribution in [0, 0.1) is 13.8 Å². The molecule has 4 aromatic heterocycles. The van der Waals surface area contributed by atoms with Gasteiger partial charge < -0.3 is 0 Å². The molecule has 1 N–H and O–H groups in total. The van der Waals surface area contributed by atoms with E-state index in [9.17, 15) is 4.79 Å². The number of nitrogens with one attached hydrogen (secondary N) is 1. The Morgan fingerprint density at radius 1 is 1.23 bits per heavy atom. The molecule has 8 nitrogen and oxygen atoms in total. The van der Waals surface area contributed by atoms with Gasteiger partial charge in [-0.2, -0.15) is 0 Å². The fraction of sp³-hybridized carbons (Fsp3) is 0.318. The van der Waals surface area contributed by atoms with E-state index in [1.807, 2.05) is 32.0 Å². The SMILES string of the molecule is Cc1ccc(-n2nc(C3C[CH2][Sn][CH2]C3)cc2NC(=O)c2cnn3cccnc23)nc1C. The van der Waals surface area contributed by atoms with Crippen LogP contribution >= 0.6 is 0 Å². The van der Waals surface area contributed by atoms with Gasteiger partial charge in [-0.25, -0.2) is 0 Å². The van der Waals surface area contributed by atoms with Crippen molar-refractivity contribution in [1.82, 2.24) is 29.4 Å². The maximum atomic E-state index is 13.1. The monoisotopic (exact) mass is 521 g/mol. The van der Waals surface area contributed by atoms with E-state index in [4.69, 9.17) is 10.1 Å². The molecule has 0 unspecified atom stereocenters. The van der Waals surface area contributed by atoms with Gasteiger partial charge in [0.05, 0.1) is 0 Å². The number of hydrogen-bond acceptors (Lipinski definition) is 5. The van der Waals surface area contributed by atoms with Crippen LogP contribution in [-0.4, -0.2) is 56.4 Å². The van der Waals surface area contributed by atoms with Crippen LogP contribution in [0.3, 0.4) is 0 Å². The van der Waals surface area contributed by atoms with Crippen LogP contribution in [-0.2, 0) is 0 Å². The zero-order valence-electron chi connectivity index (χ0n) is 17.5. The van der Waals surface area contributed by atoms with Crippen molar-refractivity contribution in [2.45, 2.75) is 41.5 Å². The minimum absolute atomic E-state index is 0.154. The van der Waals surface area contributed by atoms with Crippen LogP contribution in [0.2, 0.25) is 8.87 Å². The van der Waals surface area contributed by atoms with Gasteiger partial charge in [0.15, 0.2) is 0 Å². The molecule has 4 aromatic rings. The second-order valence-electron chi connectivity index (χ2n) is 7.86. The first-order chi connectivity index (χ1) is 15.1. The van der Waals surface area contributed by atoms with Gasteiger partial charge in [0.2, 0.25) is 0 Å². The summed E-state index contributed by atoms with van der Waals surface area (Å²) in [6.07, 6.45) is 7.38. The average molecular weight is 520 g/mol. The number of aryl methyl sites for hydroxylation is 2. The molecule has 0 spiro atoms. The van der Waals surface area contributed by atoms with Crippen LogP contribution in [0.25, 0.3) is 11.5 Å². The van der Waals surface area contributed by atoms with E-state index in [1.54, 1.807) is 33.9 Å². The molecule has 5 heterocycles. The summed E-state index contributed by atoms with van der Waals surface area (Å²) in [5.74, 6) is 1.52. The Balaban J connectivity index is 1.53. The second kappa shape index (κ2) is 8.41. The number of amides is 1. The van der Waals surface area contributed by atoms with Crippen LogP contribution in [0.4, 0.5) is 5.82 Å². The number of hydrogen-bond donors (Lipinski definition) is 1. The third-order valence-corrected chi connectivity index (χ3v) is 9.47. The van der Waals surface area contributed by atoms with Gasteiger partial charge in [0.1, 0.15) is 0 Å². The van der Waals surface area contributed by atoms with Crippen molar-refractivity contribution in [3.63, 3.8) is 0 Å². The number of pyridine rings is 1. The number of aromatic nitrogens is 6. The van der Waals surface area contributed by atoms with Crippen molar-refractivity contribution >= 4 is 38.5 Å². The first-order valence-electron chi connectivity index (χ1n) is 10.4. The van der Waals surface area contributed by atoms with Crippen molar-refractivity contribution in [3.05, 3.63) is 65.4 Å². The number of nitrogens with zero attached hydrogens (tertiary/aromatic N) is 6. The second-order valence-corrected chi connectivity index (χ2v) is 12.1. The molecule has 1 amide bonds. The molecular weight excluding hydrogens is 497 g/mol. The molecule has 1 saturated heterocycles. The summed E-state index contributed by atoms with van der Waals surface area (Å²) < 4.78 is 6.12. The van der Waals surface area contributed by atoms with Gasteiger partial charge in [-0.3, -0.25) is 0 Å². The summed E-state index contributed by atoms with van der Waals surface area (Å²) in [6, 6.07) is 7.77. The standard InChI is InChI=1S/C22H23N7O.Sn/c1-5-16(6-2)18-12-20(29(27-18)19-9-8-14(3)15(4)25-19)26-22(30)17-13-24-28-11-7-10-23-21(17)28;/h7-13,16H,1-2,5-6H2,3-4H3,(H,26,30);. The molecule has 156 valence electrons. The van der Waals surface area contributed by atoms with E-state index in [0.29, 0.717) is 28.8 Å². The Labute approximate surface area is 190 Å². The summed E-state index contributed by atoms with van der Waals surface area (Å²) in [7, 11) is 0. The Hall–Kier alpha value is -2.75. The van der Waals surface area contributed by atoms with Crippen molar-refractivity contribution in [1.29, 1.82) is 0 Å². The zero-order valence-corrected chi connectivity index (χ0v) is 20.4. The van der Waals surface area contributed by atoms with Crippen LogP contribution in [0.5, 0.6) is 0 Å². The molecule has 1 aliphatic rings. The fourth-order valence-corrected chi connectivity index (χ4v) is 7.75. The molecule has 2 radical (unpaired) electrons. The van der Waals surface area contributed by atoms with Gasteiger partial charge in [-0.1, -0.05) is 0 Å². The normalized spacial score (nSPS) is 14.8. The Morgan fingerprint density at radius 2 is 2.06 bits per heavy atom. The number of fused-ring (bicyclic) bond motifs is 1. The summed E-state index contributed by atoms with van der Waals surface area (Å²) >= 11 is -0.154. The van der Waals surface area contributed by atoms with E-state index >= 15 is 0 Å². The molecule has 31 heavy (non-hydrogen) atoms. The fourth-order valence-electron chi connectivity index (χ4n) is 3.89. The number of rotatable bonds is 4. The first-order valence-corrected chi connectivity index (χ1v) is 14.5. The number of anilines is 1. The van der Waals surface area contributed by atoms with Gasteiger partial charge in [0.25, 0.3) is 0 Å². The molecule has 0 saturated carbocycles. The van der Waals surface area contributed by atoms with Crippen LogP contribution in [0.1, 0.15) is 46.1 Å². The van der Waals surface area contributed by atoms with Crippen molar-refractivity contribution in [3.8, 4) is 5.82 Å². The number of carbonyl (C=O) groups is 1. The number of carbonyl (C=O) groups excluding carboxylic acids is 1. The molecule has 1 aliphatic heterocycles. The van der Waals surface area contributed by atoms with Gasteiger partial charge in [-0.05, 0) is 6.07 Å². The average Bonchev–Trinajstić information content (AvgIpc) is 3.41. The predicted molar refractivity (Wildman–Crippen MR) is 119 cm³/mol. The van der Waals surface area contributed by atoms with Crippen molar-refractivity contribution in [2.75, 3.05) is 5.32 Å². The topological polar surface area (TPSA) is 90.0 Å². The quantitative estimate of drug-likeness (QED) is 0.416. The predicted octanol–water partition coefficient (Wildman–Crippen LogP) is 3.60. The maximum absolute atomic E-state index is 13.1. The van der Waals surface area contributed by atoms with Gasteiger partial charge >= 0.3 is 185 Å². The Bertz CT molecular complexity index is 1260. The molecule has 1 fully saturated rings. The van der Waals surface area contributed by atoms with E-state index in [1.165, 1.54) is 21.7 Å². The van der Waals surface area contributed by atoms with Gasteiger partial charge in [-0.15, -0.1) is 0 Å². The van der Waals surface area contributed by atoms with Crippen LogP contribution < -0.4 is 5.32 Å². The Kier molecular flexibility index (Phi) is 5.47. The van der Waals surface area contributed by atoms with Crippen LogP contribution in [0.15, 0.2) is 42.9 Å². The third kappa shape index (κ3) is 3.96. The van der Waals surface area contributed by atoms with E-state index in [-0.39, 0.29) is 27.0 Å². The molecular formula is C22H23N7OSn. The first kappa shape index (κ1) is 20.2. The van der Waals surface area contributed by atoms with Crippen molar-refractivity contribution < 1.29 is 4.79 Å². The zero-order chi connectivity index (χ0) is 21.4. The molecule has 0 atom stereocenters. The molecule has 0 bridgehead atoms. The summed E-state index contributed by atoms with van der Waals surface area (Å²) in [6.45, 7) is 4.02. The van der Waals surface area contributed by atoms with E-state index < -0.39 is 0 Å². The summed E-state index contributed by atoms with van der Waals surface area (Å²) in [5, 5.41) is 12.2.